The van der Waals surface area contributed by atoms with E-state index in [9.17, 15) is 10.4 Å². The number of hydrogen-bond donors (Lipinski definition) is 1. The number of aromatic nitrogens is 3. The van der Waals surface area contributed by atoms with Gasteiger partial charge in [-0.2, -0.15) is 5.26 Å². The average molecular weight is 709 g/mol. The zero-order valence-electron chi connectivity index (χ0n) is 23.9. The van der Waals surface area contributed by atoms with Crippen molar-refractivity contribution in [3.63, 3.8) is 0 Å². The molecule has 40 heavy (non-hydrogen) atoms. The zero-order valence-corrected chi connectivity index (χ0v) is 26.2. The summed E-state index contributed by atoms with van der Waals surface area (Å²) in [6.45, 7) is 12.9. The van der Waals surface area contributed by atoms with Gasteiger partial charge in [0, 0.05) is 51.1 Å². The van der Waals surface area contributed by atoms with Crippen molar-refractivity contribution in [1.29, 1.82) is 5.26 Å². The van der Waals surface area contributed by atoms with Gasteiger partial charge in [0.05, 0.1) is 22.7 Å². The minimum Gasteiger partial charge on any atom is -0.507 e. The van der Waals surface area contributed by atoms with Gasteiger partial charge in [-0.05, 0) is 34.6 Å². The molecule has 2 aromatic heterocycles. The maximum atomic E-state index is 11.5. The molecule has 0 aliphatic heterocycles. The summed E-state index contributed by atoms with van der Waals surface area (Å²) in [6, 6.07) is 25.4. The summed E-state index contributed by atoms with van der Waals surface area (Å²) in [7, 11) is 1.99. The second-order valence-electron chi connectivity index (χ2n) is 12.1. The Hall–Kier alpha value is -3.74. The van der Waals surface area contributed by atoms with Crippen molar-refractivity contribution < 1.29 is 26.2 Å². The Bertz CT molecular complexity index is 1760. The number of para-hydroxylation sites is 1. The average Bonchev–Trinajstić information content (AvgIpc) is 3.23. The Balaban J connectivity index is 0.00000370. The first-order valence-corrected chi connectivity index (χ1v) is 13.1. The summed E-state index contributed by atoms with van der Waals surface area (Å²) < 4.78 is 2.05. The van der Waals surface area contributed by atoms with Crippen molar-refractivity contribution in [1.82, 2.24) is 14.5 Å². The van der Waals surface area contributed by atoms with E-state index in [0.717, 1.165) is 44.4 Å². The van der Waals surface area contributed by atoms with Gasteiger partial charge in [0.15, 0.2) is 0 Å². The van der Waals surface area contributed by atoms with Crippen LogP contribution in [0.2, 0.25) is 0 Å². The fourth-order valence-electron chi connectivity index (χ4n) is 4.91. The summed E-state index contributed by atoms with van der Waals surface area (Å²) in [5, 5.41) is 20.8. The van der Waals surface area contributed by atoms with Gasteiger partial charge in [-0.3, -0.25) is 4.98 Å². The van der Waals surface area contributed by atoms with E-state index in [1.54, 1.807) is 18.3 Å². The van der Waals surface area contributed by atoms with Crippen LogP contribution in [-0.4, -0.2) is 19.6 Å². The number of rotatable bonds is 3. The largest absolute Gasteiger partial charge is 0.507 e. The standard InChI is InChI=1S/C34H33N4O.Pt/c1-33(2,3)24-18-26(31(39)27(19-24)34(4,5)6)32-37-30-25(12-9-13-29(30)38(32)7)22-10-8-11-23(17-22)28-16-21(20-35)14-15-36-28;/h8-16,18-19,39H,1-7H3;/q-1;. The SMILES string of the molecule is Cn1c(-c2cc(C(C)(C)C)cc(C(C)(C)C)c2O)nc2c(-c3[c-]c(-c4cc(C#N)ccn4)ccc3)cccc21.[Pt]. The van der Waals surface area contributed by atoms with Crippen LogP contribution >= 0.6 is 0 Å². The van der Waals surface area contributed by atoms with Crippen LogP contribution < -0.4 is 0 Å². The molecule has 0 unspecified atom stereocenters. The molecule has 0 radical (unpaired) electrons. The van der Waals surface area contributed by atoms with E-state index in [4.69, 9.17) is 4.98 Å². The van der Waals surface area contributed by atoms with E-state index in [1.807, 2.05) is 43.4 Å². The van der Waals surface area contributed by atoms with Crippen LogP contribution in [0.4, 0.5) is 0 Å². The summed E-state index contributed by atoms with van der Waals surface area (Å²) in [5.74, 6) is 0.985. The van der Waals surface area contributed by atoms with Crippen molar-refractivity contribution in [2.24, 2.45) is 7.05 Å². The fraction of sp³-hybridized carbons (Fsp3) is 0.265. The number of phenolic OH excluding ortho intramolecular Hbond substituents is 1. The monoisotopic (exact) mass is 708 g/mol. The third kappa shape index (κ3) is 5.34. The molecule has 0 aliphatic rings. The molecule has 3 aromatic carbocycles. The van der Waals surface area contributed by atoms with Gasteiger partial charge in [-0.15, -0.1) is 29.8 Å². The van der Waals surface area contributed by atoms with Crippen molar-refractivity contribution in [3.8, 4) is 45.6 Å². The first-order chi connectivity index (χ1) is 18.4. The van der Waals surface area contributed by atoms with Gasteiger partial charge in [0.25, 0.3) is 0 Å². The van der Waals surface area contributed by atoms with E-state index >= 15 is 0 Å². The molecule has 0 amide bonds. The van der Waals surface area contributed by atoms with Crippen LogP contribution in [0.15, 0.2) is 66.9 Å². The Morgan fingerprint density at radius 1 is 0.875 bits per heavy atom. The number of aryl methyl sites for hydroxylation is 1. The summed E-state index contributed by atoms with van der Waals surface area (Å²) in [5.41, 5.74) is 8.15. The minimum atomic E-state index is -0.234. The van der Waals surface area contributed by atoms with Crippen LogP contribution in [0.5, 0.6) is 5.75 Å². The van der Waals surface area contributed by atoms with Crippen molar-refractivity contribution >= 4 is 11.0 Å². The predicted octanol–water partition coefficient (Wildman–Crippen LogP) is 7.94. The molecule has 0 saturated heterocycles. The second kappa shape index (κ2) is 10.7. The van der Waals surface area contributed by atoms with Gasteiger partial charge in [-0.25, -0.2) is 4.98 Å². The van der Waals surface area contributed by atoms with Gasteiger partial charge < -0.3 is 9.67 Å². The van der Waals surface area contributed by atoms with Crippen LogP contribution in [0.1, 0.15) is 58.2 Å². The summed E-state index contributed by atoms with van der Waals surface area (Å²) >= 11 is 0. The van der Waals surface area contributed by atoms with E-state index in [-0.39, 0.29) is 37.6 Å². The van der Waals surface area contributed by atoms with Crippen molar-refractivity contribution in [3.05, 3.63) is 89.6 Å². The number of imidazole rings is 1. The molecule has 0 saturated carbocycles. The van der Waals surface area contributed by atoms with Gasteiger partial charge in [0.2, 0.25) is 0 Å². The Kier molecular flexibility index (Phi) is 7.81. The molecule has 1 N–H and O–H groups in total. The van der Waals surface area contributed by atoms with E-state index < -0.39 is 0 Å². The molecular weight excluding hydrogens is 675 g/mol. The number of phenols is 1. The number of benzene rings is 3. The maximum Gasteiger partial charge on any atom is 0.143 e. The third-order valence-electron chi connectivity index (χ3n) is 7.19. The van der Waals surface area contributed by atoms with Crippen LogP contribution in [0.3, 0.4) is 0 Å². The smallest absolute Gasteiger partial charge is 0.143 e. The molecule has 6 heteroatoms. The molecule has 0 bridgehead atoms. The number of aromatic hydroxyl groups is 1. The molecule has 5 aromatic rings. The summed E-state index contributed by atoms with van der Waals surface area (Å²) in [4.78, 5) is 9.57. The molecule has 5 rings (SSSR count). The molecule has 0 fully saturated rings. The first kappa shape index (κ1) is 29.2. The topological polar surface area (TPSA) is 74.7 Å². The van der Waals surface area contributed by atoms with E-state index in [2.05, 4.69) is 75.4 Å². The number of nitriles is 1. The quantitative estimate of drug-likeness (QED) is 0.193. The van der Waals surface area contributed by atoms with Gasteiger partial charge >= 0.3 is 0 Å². The predicted molar refractivity (Wildman–Crippen MR) is 157 cm³/mol. The zero-order chi connectivity index (χ0) is 28.1. The van der Waals surface area contributed by atoms with Gasteiger partial charge in [0.1, 0.15) is 11.6 Å². The molecule has 0 aliphatic carbocycles. The van der Waals surface area contributed by atoms with E-state index in [0.29, 0.717) is 17.1 Å². The number of hydrogen-bond acceptors (Lipinski definition) is 4. The normalized spacial score (nSPS) is 11.8. The second-order valence-corrected chi connectivity index (χ2v) is 12.1. The molecule has 0 atom stereocenters. The van der Waals surface area contributed by atoms with Crippen LogP contribution in [0, 0.1) is 17.4 Å². The van der Waals surface area contributed by atoms with Crippen LogP contribution in [-0.2, 0) is 38.9 Å². The Morgan fingerprint density at radius 3 is 2.25 bits per heavy atom. The number of pyridine rings is 1. The Labute approximate surface area is 250 Å². The summed E-state index contributed by atoms with van der Waals surface area (Å²) in [6.07, 6.45) is 1.64. The molecule has 206 valence electrons. The molecular formula is C34H33N4OPt-. The Morgan fingerprint density at radius 2 is 1.57 bits per heavy atom. The van der Waals surface area contributed by atoms with Crippen LogP contribution in [0.25, 0.3) is 44.8 Å². The van der Waals surface area contributed by atoms with Crippen molar-refractivity contribution in [2.45, 2.75) is 52.4 Å². The van der Waals surface area contributed by atoms with Gasteiger partial charge in [-0.1, -0.05) is 76.9 Å². The molecule has 5 nitrogen and oxygen atoms in total. The third-order valence-corrected chi connectivity index (χ3v) is 7.19. The minimum absolute atomic E-state index is 0. The van der Waals surface area contributed by atoms with Crippen molar-refractivity contribution in [2.75, 3.05) is 0 Å². The van der Waals surface area contributed by atoms with E-state index in [1.165, 1.54) is 0 Å². The fourth-order valence-corrected chi connectivity index (χ4v) is 4.91. The maximum absolute atomic E-state index is 11.5. The number of fused-ring (bicyclic) bond motifs is 1. The molecule has 0 spiro atoms. The first-order valence-electron chi connectivity index (χ1n) is 13.1. The molecule has 2 heterocycles. The number of nitrogens with zero attached hydrogens (tertiary/aromatic N) is 4.